The molecule has 0 bridgehead atoms. The summed E-state index contributed by atoms with van der Waals surface area (Å²) in [6.45, 7) is 2.41. The van der Waals surface area contributed by atoms with Crippen LogP contribution in [0.1, 0.15) is 24.7 Å². The van der Waals surface area contributed by atoms with Crippen molar-refractivity contribution in [3.8, 4) is 0 Å². The number of aryl methyl sites for hydroxylation is 2. The second-order valence-corrected chi connectivity index (χ2v) is 6.20. The first kappa shape index (κ1) is 14.7. The molecule has 0 saturated carbocycles. The fourth-order valence-electron chi connectivity index (χ4n) is 1.80. The lowest BCUT2D eigenvalue weighted by molar-refractivity contribution is 0.578. The van der Waals surface area contributed by atoms with Crippen LogP contribution in [-0.4, -0.2) is 30.1 Å². The van der Waals surface area contributed by atoms with Gasteiger partial charge in [0.15, 0.2) is 0 Å². The fraction of sp³-hybridized carbons (Fsp3) is 0.385. The number of hydrogen-bond acceptors (Lipinski definition) is 4. The molecule has 108 valence electrons. The molecule has 0 atom stereocenters. The van der Waals surface area contributed by atoms with Crippen LogP contribution in [0.4, 0.5) is 0 Å². The Morgan fingerprint density at radius 3 is 2.60 bits per heavy atom. The molecule has 0 unspecified atom stereocenters. The van der Waals surface area contributed by atoms with E-state index in [1.807, 2.05) is 19.1 Å². The third-order valence-corrected chi connectivity index (χ3v) is 4.47. The molecule has 2 N–H and O–H groups in total. The second-order valence-electron chi connectivity index (χ2n) is 4.43. The second kappa shape index (κ2) is 6.62. The fourth-order valence-corrected chi connectivity index (χ4v) is 2.88. The van der Waals surface area contributed by atoms with Crippen LogP contribution in [0.15, 0.2) is 35.5 Å². The van der Waals surface area contributed by atoms with Gasteiger partial charge in [-0.2, -0.15) is 5.10 Å². The third kappa shape index (κ3) is 3.88. The number of H-pyrrole nitrogens is 1. The quantitative estimate of drug-likeness (QED) is 0.753. The zero-order chi connectivity index (χ0) is 14.4. The summed E-state index contributed by atoms with van der Waals surface area (Å²) >= 11 is 0. The first-order valence-electron chi connectivity index (χ1n) is 6.54. The molecule has 1 aromatic heterocycles. The van der Waals surface area contributed by atoms with Gasteiger partial charge in [0.25, 0.3) is 0 Å². The maximum absolute atomic E-state index is 12.0. The van der Waals surface area contributed by atoms with Gasteiger partial charge in [0.1, 0.15) is 12.2 Å². The van der Waals surface area contributed by atoms with Crippen LogP contribution in [0.3, 0.4) is 0 Å². The Balaban J connectivity index is 1.86. The van der Waals surface area contributed by atoms with Gasteiger partial charge in [0.2, 0.25) is 10.0 Å². The molecule has 6 nitrogen and oxygen atoms in total. The summed E-state index contributed by atoms with van der Waals surface area (Å²) in [6, 6.07) is 6.95. The predicted molar refractivity (Wildman–Crippen MR) is 75.7 cm³/mol. The van der Waals surface area contributed by atoms with Crippen molar-refractivity contribution < 1.29 is 8.42 Å². The maximum Gasteiger partial charge on any atom is 0.240 e. The van der Waals surface area contributed by atoms with E-state index < -0.39 is 10.0 Å². The van der Waals surface area contributed by atoms with Gasteiger partial charge in [-0.3, -0.25) is 5.10 Å². The van der Waals surface area contributed by atoms with E-state index in [4.69, 9.17) is 0 Å². The van der Waals surface area contributed by atoms with Gasteiger partial charge in [-0.15, -0.1) is 0 Å². The standard InChI is InChI=1S/C13H18N4O2S/c1-2-11-5-7-12(8-6-11)20(18,19)16-9-3-4-13-14-10-15-17-13/h5-8,10,16H,2-4,9H2,1H3,(H,14,15,17). The molecule has 7 heteroatoms. The first-order valence-corrected chi connectivity index (χ1v) is 8.03. The average molecular weight is 294 g/mol. The smallest absolute Gasteiger partial charge is 0.240 e. The summed E-state index contributed by atoms with van der Waals surface area (Å²) in [5, 5.41) is 6.48. The van der Waals surface area contributed by atoms with E-state index in [2.05, 4.69) is 19.9 Å². The minimum atomic E-state index is -3.42. The number of rotatable bonds is 7. The Hall–Kier alpha value is -1.73. The maximum atomic E-state index is 12.0. The Morgan fingerprint density at radius 2 is 2.00 bits per heavy atom. The molecule has 2 rings (SSSR count). The van der Waals surface area contributed by atoms with Gasteiger partial charge in [-0.25, -0.2) is 18.1 Å². The molecule has 0 aliphatic rings. The van der Waals surface area contributed by atoms with Crippen molar-refractivity contribution >= 4 is 10.0 Å². The molecule has 0 amide bonds. The lowest BCUT2D eigenvalue weighted by atomic mass is 10.2. The van der Waals surface area contributed by atoms with Gasteiger partial charge in [-0.05, 0) is 30.5 Å². The minimum Gasteiger partial charge on any atom is -0.263 e. The van der Waals surface area contributed by atoms with Crippen LogP contribution < -0.4 is 4.72 Å². The highest BCUT2D eigenvalue weighted by atomic mass is 32.2. The van der Waals surface area contributed by atoms with E-state index in [1.165, 1.54) is 6.33 Å². The van der Waals surface area contributed by atoms with Crippen LogP contribution in [0.25, 0.3) is 0 Å². The Morgan fingerprint density at radius 1 is 1.25 bits per heavy atom. The number of sulfonamides is 1. The summed E-state index contributed by atoms with van der Waals surface area (Å²) < 4.78 is 26.7. The van der Waals surface area contributed by atoms with Crippen LogP contribution in [0.2, 0.25) is 0 Å². The summed E-state index contributed by atoms with van der Waals surface area (Å²) in [4.78, 5) is 4.28. The predicted octanol–water partition coefficient (Wildman–Crippen LogP) is 1.28. The topological polar surface area (TPSA) is 87.7 Å². The SMILES string of the molecule is CCc1ccc(S(=O)(=O)NCCCc2ncn[nH]2)cc1. The van der Waals surface area contributed by atoms with Crippen LogP contribution in [0, 0.1) is 0 Å². The van der Waals surface area contributed by atoms with Crippen molar-refractivity contribution in [2.24, 2.45) is 0 Å². The molecule has 0 aliphatic heterocycles. The summed E-state index contributed by atoms with van der Waals surface area (Å²) in [7, 11) is -3.42. The van der Waals surface area contributed by atoms with Crippen molar-refractivity contribution in [1.29, 1.82) is 0 Å². The van der Waals surface area contributed by atoms with Crippen LogP contribution in [-0.2, 0) is 22.9 Å². The lowest BCUT2D eigenvalue weighted by Gasteiger charge is -2.06. The van der Waals surface area contributed by atoms with E-state index >= 15 is 0 Å². The molecule has 0 aliphatic carbocycles. The molecule has 1 aromatic carbocycles. The molecular formula is C13H18N4O2S. The molecule has 0 fully saturated rings. The van der Waals surface area contributed by atoms with Gasteiger partial charge in [0, 0.05) is 13.0 Å². The largest absolute Gasteiger partial charge is 0.263 e. The van der Waals surface area contributed by atoms with Crippen molar-refractivity contribution in [2.45, 2.75) is 31.1 Å². The van der Waals surface area contributed by atoms with E-state index in [0.29, 0.717) is 24.3 Å². The summed E-state index contributed by atoms with van der Waals surface area (Å²) in [6.07, 6.45) is 3.67. The summed E-state index contributed by atoms with van der Waals surface area (Å²) in [5.41, 5.74) is 1.12. The minimum absolute atomic E-state index is 0.300. The number of hydrogen-bond donors (Lipinski definition) is 2. The lowest BCUT2D eigenvalue weighted by Crippen LogP contribution is -2.25. The van der Waals surface area contributed by atoms with Gasteiger partial charge >= 0.3 is 0 Å². The van der Waals surface area contributed by atoms with E-state index in [0.717, 1.165) is 17.8 Å². The number of nitrogens with one attached hydrogen (secondary N) is 2. The molecule has 20 heavy (non-hydrogen) atoms. The van der Waals surface area contributed by atoms with Crippen molar-refractivity contribution in [3.05, 3.63) is 42.0 Å². The Labute approximate surface area is 118 Å². The monoisotopic (exact) mass is 294 g/mol. The van der Waals surface area contributed by atoms with Crippen LogP contribution in [0.5, 0.6) is 0 Å². The third-order valence-electron chi connectivity index (χ3n) is 2.99. The van der Waals surface area contributed by atoms with Gasteiger partial charge < -0.3 is 0 Å². The Bertz CT molecular complexity index is 621. The van der Waals surface area contributed by atoms with Crippen molar-refractivity contribution in [1.82, 2.24) is 19.9 Å². The van der Waals surface area contributed by atoms with Crippen molar-refractivity contribution in [3.63, 3.8) is 0 Å². The van der Waals surface area contributed by atoms with E-state index in [9.17, 15) is 8.42 Å². The number of aromatic amines is 1. The molecular weight excluding hydrogens is 276 g/mol. The number of aromatic nitrogens is 3. The summed E-state index contributed by atoms with van der Waals surface area (Å²) in [5.74, 6) is 0.761. The average Bonchev–Trinajstić information content (AvgIpc) is 2.97. The molecule has 0 radical (unpaired) electrons. The normalized spacial score (nSPS) is 11.7. The molecule has 0 spiro atoms. The van der Waals surface area contributed by atoms with Gasteiger partial charge in [-0.1, -0.05) is 19.1 Å². The van der Waals surface area contributed by atoms with E-state index in [1.54, 1.807) is 12.1 Å². The first-order chi connectivity index (χ1) is 9.62. The zero-order valence-corrected chi connectivity index (χ0v) is 12.2. The highest BCUT2D eigenvalue weighted by Crippen LogP contribution is 2.10. The highest BCUT2D eigenvalue weighted by Gasteiger charge is 2.12. The number of benzene rings is 1. The number of nitrogens with zero attached hydrogens (tertiary/aromatic N) is 2. The van der Waals surface area contributed by atoms with Crippen molar-refractivity contribution in [2.75, 3.05) is 6.54 Å². The van der Waals surface area contributed by atoms with Gasteiger partial charge in [0.05, 0.1) is 4.90 Å². The highest BCUT2D eigenvalue weighted by molar-refractivity contribution is 7.89. The van der Waals surface area contributed by atoms with E-state index in [-0.39, 0.29) is 0 Å². The zero-order valence-electron chi connectivity index (χ0n) is 11.3. The van der Waals surface area contributed by atoms with Crippen LogP contribution >= 0.6 is 0 Å². The Kier molecular flexibility index (Phi) is 4.86. The molecule has 0 saturated heterocycles. The molecule has 2 aromatic rings. The molecule has 1 heterocycles.